The van der Waals surface area contributed by atoms with Gasteiger partial charge in [0.25, 0.3) is 11.8 Å². The van der Waals surface area contributed by atoms with Gasteiger partial charge in [-0.1, -0.05) is 24.2 Å². The largest absolute Gasteiger partial charge is 0.483 e. The van der Waals surface area contributed by atoms with Gasteiger partial charge in [-0.15, -0.1) is 0 Å². The van der Waals surface area contributed by atoms with E-state index in [4.69, 9.17) is 9.26 Å². The van der Waals surface area contributed by atoms with E-state index in [0.717, 1.165) is 25.9 Å². The summed E-state index contributed by atoms with van der Waals surface area (Å²) in [6.45, 7) is 3.67. The maximum Gasteiger partial charge on any atom is 0.260 e. The summed E-state index contributed by atoms with van der Waals surface area (Å²) < 4.78 is 24.2. The number of amides is 1. The van der Waals surface area contributed by atoms with E-state index in [2.05, 4.69) is 17.1 Å². The molecule has 0 spiro atoms. The second-order valence-corrected chi connectivity index (χ2v) is 7.30. The number of halogens is 1. The third-order valence-corrected chi connectivity index (χ3v) is 5.01. The van der Waals surface area contributed by atoms with Crippen molar-refractivity contribution in [2.24, 2.45) is 5.92 Å². The highest BCUT2D eigenvalue weighted by Crippen LogP contribution is 2.29. The molecule has 2 aromatic carbocycles. The van der Waals surface area contributed by atoms with Gasteiger partial charge in [-0.05, 0) is 55.2 Å². The fourth-order valence-corrected chi connectivity index (χ4v) is 3.47. The molecule has 0 saturated carbocycles. The van der Waals surface area contributed by atoms with Crippen molar-refractivity contribution < 1.29 is 18.4 Å². The smallest absolute Gasteiger partial charge is 0.260 e. The second-order valence-electron chi connectivity index (χ2n) is 7.30. The van der Waals surface area contributed by atoms with Crippen LogP contribution >= 0.6 is 0 Å². The Kier molecular flexibility index (Phi) is 5.55. The number of hydrogen-bond acceptors (Lipinski definition) is 5. The van der Waals surface area contributed by atoms with Crippen molar-refractivity contribution in [1.29, 1.82) is 0 Å². The number of likely N-dealkylation sites (tertiary alicyclic amines) is 1. The number of carbonyl (C=O) groups excluding carboxylic acids is 1. The van der Waals surface area contributed by atoms with Gasteiger partial charge in [0, 0.05) is 18.7 Å². The van der Waals surface area contributed by atoms with E-state index in [1.807, 2.05) is 23.1 Å². The lowest BCUT2D eigenvalue weighted by atomic mass is 10.0. The lowest BCUT2D eigenvalue weighted by molar-refractivity contribution is -0.135. The number of rotatable bonds is 5. The topological polar surface area (TPSA) is 68.5 Å². The molecule has 1 fully saturated rings. The first-order chi connectivity index (χ1) is 14.1. The van der Waals surface area contributed by atoms with Crippen molar-refractivity contribution >= 4 is 5.91 Å². The fourth-order valence-electron chi connectivity index (χ4n) is 3.47. The summed E-state index contributed by atoms with van der Waals surface area (Å²) in [5, 5.41) is 4.02. The fraction of sp³-hybridized carbons (Fsp3) is 0.318. The number of benzene rings is 2. The first-order valence-electron chi connectivity index (χ1n) is 9.70. The lowest BCUT2D eigenvalue weighted by Gasteiger charge is -2.30. The Morgan fingerprint density at radius 3 is 2.83 bits per heavy atom. The van der Waals surface area contributed by atoms with Crippen LogP contribution in [0, 0.1) is 11.7 Å². The quantitative estimate of drug-likeness (QED) is 0.648. The van der Waals surface area contributed by atoms with Crippen molar-refractivity contribution in [1.82, 2.24) is 15.0 Å². The molecule has 2 heterocycles. The van der Waals surface area contributed by atoms with Crippen LogP contribution < -0.4 is 4.74 Å². The number of piperidine rings is 1. The predicted molar refractivity (Wildman–Crippen MR) is 106 cm³/mol. The van der Waals surface area contributed by atoms with E-state index in [1.165, 1.54) is 12.1 Å². The van der Waals surface area contributed by atoms with Crippen LogP contribution in [0.2, 0.25) is 0 Å². The number of nitrogens with zero attached hydrogens (tertiary/aromatic N) is 3. The Morgan fingerprint density at radius 1 is 1.24 bits per heavy atom. The van der Waals surface area contributed by atoms with Crippen molar-refractivity contribution in [2.75, 3.05) is 19.7 Å². The van der Waals surface area contributed by atoms with Gasteiger partial charge in [-0.3, -0.25) is 4.79 Å². The lowest BCUT2D eigenvalue weighted by Crippen LogP contribution is -2.41. The van der Waals surface area contributed by atoms with Crippen molar-refractivity contribution in [3.05, 3.63) is 54.3 Å². The minimum absolute atomic E-state index is 0.0218. The molecule has 1 amide bonds. The SMILES string of the molecule is C[C@H]1CCCN(C(=O)COc2ccccc2-c2noc(-c3ccc(F)cc3)n2)C1. The molecule has 0 unspecified atom stereocenters. The molecule has 150 valence electrons. The van der Waals surface area contributed by atoms with Crippen molar-refractivity contribution in [3.63, 3.8) is 0 Å². The van der Waals surface area contributed by atoms with E-state index < -0.39 is 0 Å². The normalized spacial score (nSPS) is 16.6. The van der Waals surface area contributed by atoms with Gasteiger partial charge in [0.1, 0.15) is 11.6 Å². The standard InChI is InChI=1S/C22H22FN3O3/c1-15-5-4-12-26(13-15)20(27)14-28-19-7-3-2-6-18(19)21-24-22(29-25-21)16-8-10-17(23)11-9-16/h2-3,6-11,15H,4-5,12-14H2,1H3/t15-/m0/s1. The highest BCUT2D eigenvalue weighted by Gasteiger charge is 2.22. The van der Waals surface area contributed by atoms with Gasteiger partial charge >= 0.3 is 0 Å². The highest BCUT2D eigenvalue weighted by atomic mass is 19.1. The molecule has 29 heavy (non-hydrogen) atoms. The molecule has 3 aromatic rings. The molecule has 1 saturated heterocycles. The molecule has 0 bridgehead atoms. The maximum atomic E-state index is 13.1. The van der Waals surface area contributed by atoms with Gasteiger partial charge in [0.05, 0.1) is 5.56 Å². The van der Waals surface area contributed by atoms with Crippen LogP contribution in [0.4, 0.5) is 4.39 Å². The Labute approximate surface area is 168 Å². The van der Waals surface area contributed by atoms with Crippen LogP contribution in [0.3, 0.4) is 0 Å². The van der Waals surface area contributed by atoms with Gasteiger partial charge in [-0.2, -0.15) is 4.98 Å². The van der Waals surface area contributed by atoms with Crippen LogP contribution in [0.1, 0.15) is 19.8 Å². The number of ether oxygens (including phenoxy) is 1. The summed E-state index contributed by atoms with van der Waals surface area (Å²) >= 11 is 0. The van der Waals surface area contributed by atoms with Crippen molar-refractivity contribution in [3.8, 4) is 28.6 Å². The molecule has 6 nitrogen and oxygen atoms in total. The molecule has 0 N–H and O–H groups in total. The molecule has 0 aliphatic carbocycles. The molecule has 7 heteroatoms. The Balaban J connectivity index is 1.48. The summed E-state index contributed by atoms with van der Waals surface area (Å²) in [5.41, 5.74) is 1.25. The first-order valence-corrected chi connectivity index (χ1v) is 9.70. The Morgan fingerprint density at radius 2 is 2.03 bits per heavy atom. The van der Waals surface area contributed by atoms with Crippen LogP contribution in [0.15, 0.2) is 53.1 Å². The molecule has 1 aliphatic rings. The van der Waals surface area contributed by atoms with Crippen LogP contribution in [-0.4, -0.2) is 40.6 Å². The molecule has 4 rings (SSSR count). The average molecular weight is 395 g/mol. The summed E-state index contributed by atoms with van der Waals surface area (Å²) in [6.07, 6.45) is 2.18. The van der Waals surface area contributed by atoms with E-state index in [0.29, 0.717) is 28.6 Å². The van der Waals surface area contributed by atoms with Crippen molar-refractivity contribution in [2.45, 2.75) is 19.8 Å². The molecular weight excluding hydrogens is 373 g/mol. The van der Waals surface area contributed by atoms with E-state index in [9.17, 15) is 9.18 Å². The number of aromatic nitrogens is 2. The average Bonchev–Trinajstić information content (AvgIpc) is 3.23. The van der Waals surface area contributed by atoms with Gasteiger partial charge < -0.3 is 14.2 Å². The second kappa shape index (κ2) is 8.43. The summed E-state index contributed by atoms with van der Waals surface area (Å²) in [7, 11) is 0. The van der Waals surface area contributed by atoms with E-state index in [-0.39, 0.29) is 24.2 Å². The number of hydrogen-bond donors (Lipinski definition) is 0. The van der Waals surface area contributed by atoms with E-state index in [1.54, 1.807) is 18.2 Å². The Hall–Kier alpha value is -3.22. The van der Waals surface area contributed by atoms with Gasteiger partial charge in [0.2, 0.25) is 5.82 Å². The summed E-state index contributed by atoms with van der Waals surface area (Å²) in [6, 6.07) is 13.1. The molecular formula is C22H22FN3O3. The minimum Gasteiger partial charge on any atom is -0.483 e. The summed E-state index contributed by atoms with van der Waals surface area (Å²) in [5.74, 6) is 1.31. The number of para-hydroxylation sites is 1. The summed E-state index contributed by atoms with van der Waals surface area (Å²) in [4.78, 5) is 18.8. The maximum absolute atomic E-state index is 13.1. The van der Waals surface area contributed by atoms with Gasteiger partial charge in [0.15, 0.2) is 6.61 Å². The molecule has 0 radical (unpaired) electrons. The molecule has 1 aromatic heterocycles. The third-order valence-electron chi connectivity index (χ3n) is 5.01. The predicted octanol–water partition coefficient (Wildman–Crippen LogP) is 4.18. The van der Waals surface area contributed by atoms with Crippen LogP contribution in [0.5, 0.6) is 5.75 Å². The zero-order chi connectivity index (χ0) is 20.2. The highest BCUT2D eigenvalue weighted by molar-refractivity contribution is 5.78. The Bertz CT molecular complexity index is 987. The van der Waals surface area contributed by atoms with Crippen LogP contribution in [0.25, 0.3) is 22.8 Å². The van der Waals surface area contributed by atoms with E-state index >= 15 is 0 Å². The van der Waals surface area contributed by atoms with Crippen LogP contribution in [-0.2, 0) is 4.79 Å². The minimum atomic E-state index is -0.333. The zero-order valence-electron chi connectivity index (χ0n) is 16.2. The monoisotopic (exact) mass is 395 g/mol. The molecule has 1 atom stereocenters. The number of carbonyl (C=O) groups is 1. The zero-order valence-corrected chi connectivity index (χ0v) is 16.2. The first kappa shape index (κ1) is 19.1. The molecule has 1 aliphatic heterocycles. The third kappa shape index (κ3) is 4.45. The van der Waals surface area contributed by atoms with Gasteiger partial charge in [-0.25, -0.2) is 4.39 Å².